The monoisotopic (exact) mass is 210 g/mol. The normalized spacial score (nSPS) is 17.8. The number of halogens is 1. The van der Waals surface area contributed by atoms with E-state index in [1.807, 2.05) is 24.1 Å². The van der Waals surface area contributed by atoms with Crippen molar-refractivity contribution in [2.45, 2.75) is 6.29 Å². The molecule has 1 aliphatic heterocycles. The SMILES string of the molecule is CN1c2c(C#N)cccc2NC1N.Cl. The standard InChI is InChI=1S/C9H10N4.ClH/c1-13-8-6(5-10)3-2-4-7(8)12-9(13)11;/h2-4,9,12H,11H2,1H3;1H. The molecule has 1 aromatic carbocycles. The Morgan fingerprint density at radius 3 is 2.93 bits per heavy atom. The Morgan fingerprint density at radius 2 is 2.29 bits per heavy atom. The van der Waals surface area contributed by atoms with Crippen LogP contribution in [0.5, 0.6) is 0 Å². The van der Waals surface area contributed by atoms with Crippen molar-refractivity contribution in [3.8, 4) is 6.07 Å². The number of anilines is 2. The van der Waals surface area contributed by atoms with E-state index in [9.17, 15) is 0 Å². The number of nitrogens with one attached hydrogen (secondary N) is 1. The Kier molecular flexibility index (Phi) is 2.84. The highest BCUT2D eigenvalue weighted by molar-refractivity contribution is 5.85. The first kappa shape index (κ1) is 10.6. The van der Waals surface area contributed by atoms with Gasteiger partial charge in [0.15, 0.2) is 6.29 Å². The van der Waals surface area contributed by atoms with Crippen LogP contribution in [0, 0.1) is 11.3 Å². The third-order valence-electron chi connectivity index (χ3n) is 2.23. The predicted octanol–water partition coefficient (Wildman–Crippen LogP) is 1.08. The second-order valence-corrected chi connectivity index (χ2v) is 3.01. The average Bonchev–Trinajstić information content (AvgIpc) is 2.43. The van der Waals surface area contributed by atoms with Crippen molar-refractivity contribution in [1.29, 1.82) is 5.26 Å². The lowest BCUT2D eigenvalue weighted by Crippen LogP contribution is -2.40. The van der Waals surface area contributed by atoms with E-state index in [1.165, 1.54) is 0 Å². The number of hydrogen-bond donors (Lipinski definition) is 2. The molecule has 0 aromatic heterocycles. The second kappa shape index (κ2) is 3.74. The molecule has 0 fully saturated rings. The molecule has 14 heavy (non-hydrogen) atoms. The van der Waals surface area contributed by atoms with Crippen LogP contribution in [0.15, 0.2) is 18.2 Å². The minimum atomic E-state index is -0.232. The smallest absolute Gasteiger partial charge is 0.152 e. The Morgan fingerprint density at radius 1 is 1.57 bits per heavy atom. The Hall–Kier alpha value is -1.44. The molecule has 1 unspecified atom stereocenters. The molecule has 3 N–H and O–H groups in total. The van der Waals surface area contributed by atoms with Crippen molar-refractivity contribution in [1.82, 2.24) is 0 Å². The molecule has 1 heterocycles. The van der Waals surface area contributed by atoms with E-state index in [1.54, 1.807) is 6.07 Å². The first-order chi connectivity index (χ1) is 6.24. The molecule has 0 aliphatic carbocycles. The van der Waals surface area contributed by atoms with Crippen LogP contribution in [0.2, 0.25) is 0 Å². The number of para-hydroxylation sites is 1. The number of nitriles is 1. The predicted molar refractivity (Wildman–Crippen MR) is 58.4 cm³/mol. The van der Waals surface area contributed by atoms with Crippen molar-refractivity contribution < 1.29 is 0 Å². The molecule has 0 bridgehead atoms. The second-order valence-electron chi connectivity index (χ2n) is 3.01. The highest BCUT2D eigenvalue weighted by Crippen LogP contribution is 2.34. The fraction of sp³-hybridized carbons (Fsp3) is 0.222. The van der Waals surface area contributed by atoms with Gasteiger partial charge >= 0.3 is 0 Å². The van der Waals surface area contributed by atoms with E-state index < -0.39 is 0 Å². The van der Waals surface area contributed by atoms with Crippen molar-refractivity contribution in [2.24, 2.45) is 5.73 Å². The molecular weight excluding hydrogens is 200 g/mol. The zero-order chi connectivity index (χ0) is 9.42. The molecule has 0 radical (unpaired) electrons. The summed E-state index contributed by atoms with van der Waals surface area (Å²) < 4.78 is 0. The number of rotatable bonds is 0. The molecule has 1 aromatic rings. The number of nitrogens with zero attached hydrogens (tertiary/aromatic N) is 2. The maximum Gasteiger partial charge on any atom is 0.152 e. The summed E-state index contributed by atoms with van der Waals surface area (Å²) in [7, 11) is 1.87. The molecule has 5 heteroatoms. The van der Waals surface area contributed by atoms with Crippen molar-refractivity contribution >= 4 is 23.8 Å². The van der Waals surface area contributed by atoms with Crippen LogP contribution in [-0.4, -0.2) is 13.3 Å². The van der Waals surface area contributed by atoms with Gasteiger partial charge in [-0.25, -0.2) is 0 Å². The fourth-order valence-corrected chi connectivity index (χ4v) is 1.53. The van der Waals surface area contributed by atoms with E-state index in [4.69, 9.17) is 11.0 Å². The maximum absolute atomic E-state index is 8.86. The molecule has 0 amide bonds. The van der Waals surface area contributed by atoms with Gasteiger partial charge in [0, 0.05) is 7.05 Å². The summed E-state index contributed by atoms with van der Waals surface area (Å²) >= 11 is 0. The highest BCUT2D eigenvalue weighted by atomic mass is 35.5. The first-order valence-electron chi connectivity index (χ1n) is 4.02. The topological polar surface area (TPSA) is 65.1 Å². The molecule has 1 atom stereocenters. The van der Waals surface area contributed by atoms with Crippen LogP contribution < -0.4 is 16.0 Å². The molecular formula is C9H11ClN4. The lowest BCUT2D eigenvalue weighted by molar-refractivity contribution is 0.769. The van der Waals surface area contributed by atoms with Crippen LogP contribution in [0.1, 0.15) is 5.56 Å². The minimum Gasteiger partial charge on any atom is -0.351 e. The Labute approximate surface area is 88.7 Å². The summed E-state index contributed by atoms with van der Waals surface area (Å²) in [6.07, 6.45) is -0.232. The van der Waals surface area contributed by atoms with Gasteiger partial charge in [-0.05, 0) is 12.1 Å². The summed E-state index contributed by atoms with van der Waals surface area (Å²) in [5, 5.41) is 11.9. The largest absolute Gasteiger partial charge is 0.351 e. The van der Waals surface area contributed by atoms with E-state index in [2.05, 4.69) is 11.4 Å². The number of nitrogens with two attached hydrogens (primary N) is 1. The van der Waals surface area contributed by atoms with Crippen molar-refractivity contribution in [2.75, 3.05) is 17.3 Å². The molecule has 0 saturated heterocycles. The highest BCUT2D eigenvalue weighted by Gasteiger charge is 2.24. The average molecular weight is 211 g/mol. The van der Waals surface area contributed by atoms with E-state index >= 15 is 0 Å². The van der Waals surface area contributed by atoms with Gasteiger partial charge in [-0.3, -0.25) is 5.73 Å². The minimum absolute atomic E-state index is 0. The first-order valence-corrected chi connectivity index (χ1v) is 4.02. The third-order valence-corrected chi connectivity index (χ3v) is 2.23. The fourth-order valence-electron chi connectivity index (χ4n) is 1.53. The Balaban J connectivity index is 0.000000980. The summed E-state index contributed by atoms with van der Waals surface area (Å²) in [5.74, 6) is 0. The van der Waals surface area contributed by atoms with Gasteiger partial charge in [-0.2, -0.15) is 5.26 Å². The van der Waals surface area contributed by atoms with Crippen LogP contribution >= 0.6 is 12.4 Å². The molecule has 2 rings (SSSR count). The molecule has 4 nitrogen and oxygen atoms in total. The van der Waals surface area contributed by atoms with E-state index in [0.717, 1.165) is 11.4 Å². The third kappa shape index (κ3) is 1.37. The van der Waals surface area contributed by atoms with Gasteiger partial charge < -0.3 is 10.2 Å². The van der Waals surface area contributed by atoms with E-state index in [0.29, 0.717) is 5.56 Å². The molecule has 74 valence electrons. The summed E-state index contributed by atoms with van der Waals surface area (Å²) in [4.78, 5) is 1.86. The van der Waals surface area contributed by atoms with Gasteiger partial charge in [0.1, 0.15) is 6.07 Å². The lowest BCUT2D eigenvalue weighted by Gasteiger charge is -2.17. The van der Waals surface area contributed by atoms with Gasteiger partial charge in [-0.15, -0.1) is 12.4 Å². The maximum atomic E-state index is 8.86. The van der Waals surface area contributed by atoms with Gasteiger partial charge in [-0.1, -0.05) is 6.07 Å². The molecule has 0 spiro atoms. The zero-order valence-electron chi connectivity index (χ0n) is 7.69. The number of fused-ring (bicyclic) bond motifs is 1. The van der Waals surface area contributed by atoms with Gasteiger partial charge in [0.25, 0.3) is 0 Å². The lowest BCUT2D eigenvalue weighted by atomic mass is 10.1. The zero-order valence-corrected chi connectivity index (χ0v) is 8.51. The van der Waals surface area contributed by atoms with Crippen LogP contribution in [0.4, 0.5) is 11.4 Å². The molecule has 1 aliphatic rings. The van der Waals surface area contributed by atoms with E-state index in [-0.39, 0.29) is 18.7 Å². The summed E-state index contributed by atoms with van der Waals surface area (Å²) in [5.41, 5.74) is 8.22. The number of benzene rings is 1. The molecule has 0 saturated carbocycles. The van der Waals surface area contributed by atoms with Crippen LogP contribution in [0.3, 0.4) is 0 Å². The summed E-state index contributed by atoms with van der Waals surface area (Å²) in [6, 6.07) is 7.69. The summed E-state index contributed by atoms with van der Waals surface area (Å²) in [6.45, 7) is 0. The van der Waals surface area contributed by atoms with Crippen molar-refractivity contribution in [3.05, 3.63) is 23.8 Å². The quantitative estimate of drug-likeness (QED) is 0.673. The van der Waals surface area contributed by atoms with Crippen LogP contribution in [-0.2, 0) is 0 Å². The number of hydrogen-bond acceptors (Lipinski definition) is 4. The van der Waals surface area contributed by atoms with Crippen LogP contribution in [0.25, 0.3) is 0 Å². The van der Waals surface area contributed by atoms with Crippen molar-refractivity contribution in [3.63, 3.8) is 0 Å². The Bertz CT molecular complexity index is 385. The van der Waals surface area contributed by atoms with Gasteiger partial charge in [0.2, 0.25) is 0 Å². The van der Waals surface area contributed by atoms with Gasteiger partial charge in [0.05, 0.1) is 16.9 Å².